The summed E-state index contributed by atoms with van der Waals surface area (Å²) in [4.78, 5) is 29.3. The number of H-pyrrole nitrogens is 1. The number of carbonyl (C=O) groups is 1. The number of amides is 1. The fraction of sp³-hybridized carbons (Fsp3) is 0.500. The lowest BCUT2D eigenvalue weighted by Gasteiger charge is -2.32. The van der Waals surface area contributed by atoms with Gasteiger partial charge in [-0.05, 0) is 74.4 Å². The maximum atomic E-state index is 13.9. The van der Waals surface area contributed by atoms with Crippen molar-refractivity contribution in [3.05, 3.63) is 59.6 Å². The standard InChI is InChI=1S/C26H32FN5O/c1-17(25-29-16-24(30-25)26(33)32-13-11-31(2)12-14-32)18-3-5-19(6-4-18)21-9-10-28-23-8-7-20(27)15-22(21)23/h7-10,15-19H,3-6,11-14H2,1-2H3,(H,29,30). The lowest BCUT2D eigenvalue weighted by atomic mass is 9.73. The van der Waals surface area contributed by atoms with Gasteiger partial charge in [-0.3, -0.25) is 9.78 Å². The van der Waals surface area contributed by atoms with Gasteiger partial charge in [0.1, 0.15) is 17.3 Å². The van der Waals surface area contributed by atoms with Gasteiger partial charge < -0.3 is 14.8 Å². The number of carbonyl (C=O) groups excluding carboxylic acids is 1. The van der Waals surface area contributed by atoms with Crippen LogP contribution in [0.5, 0.6) is 0 Å². The Bertz CT molecular complexity index is 1130. The number of nitrogens with one attached hydrogen (secondary N) is 1. The average molecular weight is 450 g/mol. The predicted molar refractivity (Wildman–Crippen MR) is 127 cm³/mol. The van der Waals surface area contributed by atoms with Crippen molar-refractivity contribution in [2.24, 2.45) is 5.92 Å². The van der Waals surface area contributed by atoms with Crippen LogP contribution in [0.3, 0.4) is 0 Å². The van der Waals surface area contributed by atoms with Gasteiger partial charge in [0.2, 0.25) is 0 Å². The molecule has 1 aliphatic carbocycles. The Balaban J connectivity index is 1.23. The van der Waals surface area contributed by atoms with Gasteiger partial charge in [-0.25, -0.2) is 9.37 Å². The zero-order valence-electron chi connectivity index (χ0n) is 19.4. The lowest BCUT2D eigenvalue weighted by Crippen LogP contribution is -2.47. The van der Waals surface area contributed by atoms with Gasteiger partial charge in [0.05, 0.1) is 11.7 Å². The highest BCUT2D eigenvalue weighted by atomic mass is 19.1. The van der Waals surface area contributed by atoms with E-state index in [4.69, 9.17) is 0 Å². The summed E-state index contributed by atoms with van der Waals surface area (Å²) in [5.74, 6) is 1.96. The van der Waals surface area contributed by atoms with Gasteiger partial charge in [0.25, 0.3) is 5.91 Å². The van der Waals surface area contributed by atoms with E-state index in [-0.39, 0.29) is 17.6 Å². The third-order valence-corrected chi connectivity index (χ3v) is 7.70. The lowest BCUT2D eigenvalue weighted by molar-refractivity contribution is 0.0658. The number of hydrogen-bond acceptors (Lipinski definition) is 4. The summed E-state index contributed by atoms with van der Waals surface area (Å²) in [5, 5.41) is 0.937. The van der Waals surface area contributed by atoms with E-state index in [1.165, 1.54) is 11.6 Å². The normalized spacial score (nSPS) is 23.1. The molecule has 1 saturated carbocycles. The Hall–Kier alpha value is -2.80. The molecule has 5 rings (SSSR count). The number of imidazole rings is 1. The maximum absolute atomic E-state index is 13.9. The highest BCUT2D eigenvalue weighted by molar-refractivity contribution is 5.92. The SMILES string of the molecule is CC(c1ncc(C(=O)N2CCN(C)CC2)[nH]1)C1CCC(c2ccnc3ccc(F)cc23)CC1. The molecule has 1 aromatic carbocycles. The Morgan fingerprint density at radius 2 is 1.85 bits per heavy atom. The number of nitrogens with zero attached hydrogens (tertiary/aromatic N) is 4. The number of benzene rings is 1. The smallest absolute Gasteiger partial charge is 0.272 e. The average Bonchev–Trinajstić information content (AvgIpc) is 3.34. The number of rotatable bonds is 4. The second-order valence-corrected chi connectivity index (χ2v) is 9.74. The number of pyridine rings is 1. The first kappa shape index (κ1) is 22.0. The summed E-state index contributed by atoms with van der Waals surface area (Å²) in [7, 11) is 2.09. The summed E-state index contributed by atoms with van der Waals surface area (Å²) in [6.07, 6.45) is 7.86. The van der Waals surface area contributed by atoms with E-state index in [1.807, 2.05) is 11.1 Å². The van der Waals surface area contributed by atoms with Crippen LogP contribution >= 0.6 is 0 Å². The number of halogens is 1. The van der Waals surface area contributed by atoms with Crippen molar-refractivity contribution in [1.82, 2.24) is 24.8 Å². The quantitative estimate of drug-likeness (QED) is 0.634. The summed E-state index contributed by atoms with van der Waals surface area (Å²) in [6, 6.07) is 6.91. The van der Waals surface area contributed by atoms with Crippen molar-refractivity contribution < 1.29 is 9.18 Å². The minimum Gasteiger partial charge on any atom is -0.338 e. The summed E-state index contributed by atoms with van der Waals surface area (Å²) >= 11 is 0. The number of aromatic amines is 1. The summed E-state index contributed by atoms with van der Waals surface area (Å²) in [5.41, 5.74) is 2.67. The molecule has 1 saturated heterocycles. The van der Waals surface area contributed by atoms with Gasteiger partial charge in [-0.2, -0.15) is 0 Å². The monoisotopic (exact) mass is 449 g/mol. The Labute approximate surface area is 194 Å². The van der Waals surface area contributed by atoms with Crippen LogP contribution in [0.1, 0.15) is 66.3 Å². The van der Waals surface area contributed by atoms with Crippen LogP contribution < -0.4 is 0 Å². The molecule has 1 atom stereocenters. The van der Waals surface area contributed by atoms with E-state index in [0.29, 0.717) is 17.5 Å². The van der Waals surface area contributed by atoms with Crippen molar-refractivity contribution in [2.75, 3.05) is 33.2 Å². The molecule has 33 heavy (non-hydrogen) atoms. The molecule has 0 radical (unpaired) electrons. The van der Waals surface area contributed by atoms with Crippen molar-refractivity contribution in [3.63, 3.8) is 0 Å². The van der Waals surface area contributed by atoms with Crippen molar-refractivity contribution in [2.45, 2.75) is 44.4 Å². The fourth-order valence-electron chi connectivity index (χ4n) is 5.51. The molecule has 1 unspecified atom stereocenters. The second kappa shape index (κ2) is 9.21. The molecule has 1 amide bonds. The molecule has 6 nitrogen and oxygen atoms in total. The molecule has 3 aromatic rings. The summed E-state index contributed by atoms with van der Waals surface area (Å²) in [6.45, 7) is 5.55. The topological polar surface area (TPSA) is 65.1 Å². The van der Waals surface area contributed by atoms with Crippen LogP contribution in [0.2, 0.25) is 0 Å². The molecule has 1 N–H and O–H groups in total. The van der Waals surface area contributed by atoms with Crippen molar-refractivity contribution >= 4 is 16.8 Å². The molecule has 0 bridgehead atoms. The first-order valence-electron chi connectivity index (χ1n) is 12.1. The van der Waals surface area contributed by atoms with Crippen LogP contribution in [-0.4, -0.2) is 63.9 Å². The molecule has 174 valence electrons. The predicted octanol–water partition coefficient (Wildman–Crippen LogP) is 4.56. The van der Waals surface area contributed by atoms with E-state index in [9.17, 15) is 9.18 Å². The Morgan fingerprint density at radius 3 is 2.61 bits per heavy atom. The van der Waals surface area contributed by atoms with E-state index < -0.39 is 0 Å². The third-order valence-electron chi connectivity index (χ3n) is 7.70. The van der Waals surface area contributed by atoms with Crippen molar-refractivity contribution in [1.29, 1.82) is 0 Å². The number of likely N-dealkylation sites (N-methyl/N-ethyl adjacent to an activating group) is 1. The van der Waals surface area contributed by atoms with Crippen LogP contribution in [0.25, 0.3) is 10.9 Å². The molecule has 2 aromatic heterocycles. The van der Waals surface area contributed by atoms with E-state index in [2.05, 4.69) is 39.9 Å². The molecular weight excluding hydrogens is 417 g/mol. The minimum atomic E-state index is -0.209. The first-order valence-corrected chi connectivity index (χ1v) is 12.1. The number of piperazine rings is 1. The summed E-state index contributed by atoms with van der Waals surface area (Å²) < 4.78 is 13.9. The zero-order chi connectivity index (χ0) is 22.9. The highest BCUT2D eigenvalue weighted by Crippen LogP contribution is 2.42. The zero-order valence-corrected chi connectivity index (χ0v) is 19.4. The Morgan fingerprint density at radius 1 is 1.09 bits per heavy atom. The number of fused-ring (bicyclic) bond motifs is 1. The van der Waals surface area contributed by atoms with Gasteiger partial charge in [0, 0.05) is 43.7 Å². The number of aromatic nitrogens is 3. The Kier molecular flexibility index (Phi) is 6.15. The fourth-order valence-corrected chi connectivity index (χ4v) is 5.51. The van der Waals surface area contributed by atoms with Crippen LogP contribution in [0.15, 0.2) is 36.7 Å². The first-order chi connectivity index (χ1) is 16.0. The van der Waals surface area contributed by atoms with Gasteiger partial charge in [-0.1, -0.05) is 6.92 Å². The highest BCUT2D eigenvalue weighted by Gasteiger charge is 2.30. The van der Waals surface area contributed by atoms with Crippen LogP contribution in [0, 0.1) is 11.7 Å². The van der Waals surface area contributed by atoms with Crippen LogP contribution in [-0.2, 0) is 0 Å². The van der Waals surface area contributed by atoms with Gasteiger partial charge in [0.15, 0.2) is 0 Å². The van der Waals surface area contributed by atoms with E-state index in [0.717, 1.165) is 68.6 Å². The molecule has 2 fully saturated rings. The van der Waals surface area contributed by atoms with Crippen molar-refractivity contribution in [3.8, 4) is 0 Å². The second-order valence-electron chi connectivity index (χ2n) is 9.74. The molecule has 1 aliphatic heterocycles. The van der Waals surface area contributed by atoms with Gasteiger partial charge in [-0.15, -0.1) is 0 Å². The maximum Gasteiger partial charge on any atom is 0.272 e. The minimum absolute atomic E-state index is 0.0505. The largest absolute Gasteiger partial charge is 0.338 e. The van der Waals surface area contributed by atoms with Crippen LogP contribution in [0.4, 0.5) is 4.39 Å². The molecular formula is C26H32FN5O. The van der Waals surface area contributed by atoms with Gasteiger partial charge >= 0.3 is 0 Å². The molecule has 2 aliphatic rings. The third kappa shape index (κ3) is 4.51. The molecule has 0 spiro atoms. The molecule has 3 heterocycles. The molecule has 7 heteroatoms. The number of hydrogen-bond donors (Lipinski definition) is 1. The van der Waals surface area contributed by atoms with E-state index in [1.54, 1.807) is 18.3 Å². The van der Waals surface area contributed by atoms with E-state index >= 15 is 0 Å².